The molecule has 0 aromatic rings. The van der Waals surface area contributed by atoms with Crippen LogP contribution >= 0.6 is 0 Å². The van der Waals surface area contributed by atoms with Gasteiger partial charge in [0, 0.05) is 24.9 Å². The van der Waals surface area contributed by atoms with E-state index in [4.69, 9.17) is 15.7 Å². The van der Waals surface area contributed by atoms with E-state index >= 15 is 0 Å². The molecule has 0 unspecified atom stereocenters. The summed E-state index contributed by atoms with van der Waals surface area (Å²) >= 11 is 0. The van der Waals surface area contributed by atoms with Gasteiger partial charge in [0.25, 0.3) is 0 Å². The summed E-state index contributed by atoms with van der Waals surface area (Å²) in [6, 6.07) is 0. The first-order valence-corrected chi connectivity index (χ1v) is 3.81. The summed E-state index contributed by atoms with van der Waals surface area (Å²) in [4.78, 5) is 0. The average molecular weight is 152 g/mol. The summed E-state index contributed by atoms with van der Waals surface area (Å²) in [5.74, 6) is 2.51. The van der Waals surface area contributed by atoms with E-state index in [0.29, 0.717) is 6.32 Å². The molecule has 0 aliphatic carbocycles. The topological polar surface area (TPSA) is 18.5 Å². The van der Waals surface area contributed by atoms with Gasteiger partial charge in [0.05, 0.1) is 0 Å². The molecule has 0 amide bonds. The highest BCUT2D eigenvalue weighted by Crippen LogP contribution is 2.22. The molecule has 1 saturated heterocycles. The summed E-state index contributed by atoms with van der Waals surface area (Å²) in [6.07, 6.45) is 5.67. The molecule has 60 valence electrons. The highest BCUT2D eigenvalue weighted by molar-refractivity contribution is 6.45. The molecule has 0 spiro atoms. The first kappa shape index (κ1) is 8.64. The molecule has 0 atom stereocenters. The smallest absolute Gasteiger partial charge is 0.410 e. The van der Waals surface area contributed by atoms with Gasteiger partial charge in [0.15, 0.2) is 0 Å². The molecule has 1 rings (SSSR count). The Morgan fingerprint density at radius 2 is 2.00 bits per heavy atom. The minimum atomic E-state index is -0.173. The van der Waals surface area contributed by atoms with E-state index in [1.807, 2.05) is 0 Å². The second kappa shape index (κ2) is 3.29. The van der Waals surface area contributed by atoms with Gasteiger partial charge in [-0.2, -0.15) is 0 Å². The lowest BCUT2D eigenvalue weighted by atomic mass is 9.81. The molecular formula is C8H13BO2. The Morgan fingerprint density at radius 3 is 2.45 bits per heavy atom. The third-order valence-electron chi connectivity index (χ3n) is 1.60. The van der Waals surface area contributed by atoms with Crippen LogP contribution in [-0.2, 0) is 9.31 Å². The molecule has 0 N–H and O–H groups in total. The molecule has 0 radical (unpaired) electrons. The van der Waals surface area contributed by atoms with Gasteiger partial charge in [-0.1, -0.05) is 13.8 Å². The van der Waals surface area contributed by atoms with Crippen LogP contribution in [-0.4, -0.2) is 20.3 Å². The van der Waals surface area contributed by atoms with Gasteiger partial charge in [-0.15, -0.1) is 12.3 Å². The fourth-order valence-corrected chi connectivity index (χ4v) is 0.941. The van der Waals surface area contributed by atoms with Crippen LogP contribution in [0.4, 0.5) is 0 Å². The van der Waals surface area contributed by atoms with Crippen LogP contribution in [0.5, 0.6) is 0 Å². The van der Waals surface area contributed by atoms with E-state index in [1.54, 1.807) is 0 Å². The van der Waals surface area contributed by atoms with E-state index in [-0.39, 0.29) is 12.5 Å². The molecule has 0 saturated carbocycles. The Hall–Kier alpha value is -0.455. The summed E-state index contributed by atoms with van der Waals surface area (Å²) in [5, 5.41) is 0. The predicted octanol–water partition coefficient (Wildman–Crippen LogP) is 1.18. The Labute approximate surface area is 68.4 Å². The highest BCUT2D eigenvalue weighted by atomic mass is 16.6. The van der Waals surface area contributed by atoms with Crippen molar-refractivity contribution in [3.05, 3.63) is 0 Å². The highest BCUT2D eigenvalue weighted by Gasteiger charge is 2.30. The molecule has 0 bridgehead atoms. The lowest BCUT2D eigenvalue weighted by molar-refractivity contribution is 0.0296. The Balaban J connectivity index is 2.32. The van der Waals surface area contributed by atoms with Crippen molar-refractivity contribution in [2.24, 2.45) is 5.41 Å². The minimum Gasteiger partial charge on any atom is -0.410 e. The zero-order valence-corrected chi connectivity index (χ0v) is 7.09. The van der Waals surface area contributed by atoms with Crippen LogP contribution < -0.4 is 0 Å². The standard InChI is InChI=1S/C8H13BO2/c1-4-5-9-10-6-8(2,3)7-11-9/h1H,5-7H2,2-3H3. The number of hydrogen-bond acceptors (Lipinski definition) is 2. The van der Waals surface area contributed by atoms with Crippen molar-refractivity contribution in [3.63, 3.8) is 0 Å². The van der Waals surface area contributed by atoms with Crippen LogP contribution in [0, 0.1) is 17.8 Å². The van der Waals surface area contributed by atoms with Crippen molar-refractivity contribution in [2.75, 3.05) is 13.2 Å². The fourth-order valence-electron chi connectivity index (χ4n) is 0.941. The molecule has 11 heavy (non-hydrogen) atoms. The molecule has 3 heteroatoms. The third kappa shape index (κ3) is 2.57. The van der Waals surface area contributed by atoms with Gasteiger partial charge in [-0.3, -0.25) is 0 Å². The first-order valence-electron chi connectivity index (χ1n) is 3.81. The molecule has 0 aromatic carbocycles. The second-order valence-corrected chi connectivity index (χ2v) is 3.62. The number of rotatable bonds is 1. The maximum absolute atomic E-state index is 5.37. The first-order chi connectivity index (χ1) is 5.14. The summed E-state index contributed by atoms with van der Waals surface area (Å²) in [7, 11) is -0.173. The summed E-state index contributed by atoms with van der Waals surface area (Å²) < 4.78 is 10.7. The maximum Gasteiger partial charge on any atom is 0.469 e. The Kier molecular flexibility index (Phi) is 2.59. The summed E-state index contributed by atoms with van der Waals surface area (Å²) in [5.41, 5.74) is 0.144. The van der Waals surface area contributed by atoms with Gasteiger partial charge in [0.2, 0.25) is 0 Å². The monoisotopic (exact) mass is 152 g/mol. The minimum absolute atomic E-state index is 0.144. The van der Waals surface area contributed by atoms with Crippen LogP contribution in [0.25, 0.3) is 0 Å². The van der Waals surface area contributed by atoms with Crippen LogP contribution in [0.15, 0.2) is 0 Å². The van der Waals surface area contributed by atoms with E-state index in [0.717, 1.165) is 13.2 Å². The van der Waals surface area contributed by atoms with Crippen molar-refractivity contribution in [1.29, 1.82) is 0 Å². The van der Waals surface area contributed by atoms with Crippen molar-refractivity contribution < 1.29 is 9.31 Å². The van der Waals surface area contributed by atoms with Gasteiger partial charge in [-0.25, -0.2) is 0 Å². The molecule has 0 aromatic heterocycles. The van der Waals surface area contributed by atoms with Gasteiger partial charge < -0.3 is 9.31 Å². The zero-order valence-electron chi connectivity index (χ0n) is 7.09. The molecule has 2 nitrogen and oxygen atoms in total. The summed E-state index contributed by atoms with van der Waals surface area (Å²) in [6.45, 7) is 5.69. The van der Waals surface area contributed by atoms with Gasteiger partial charge in [-0.05, 0) is 0 Å². The van der Waals surface area contributed by atoms with E-state index in [1.165, 1.54) is 0 Å². The normalized spacial score (nSPS) is 22.8. The SMILES string of the molecule is C#CCB1OCC(C)(C)CO1. The molecular weight excluding hydrogens is 139 g/mol. The largest absolute Gasteiger partial charge is 0.469 e. The van der Waals surface area contributed by atoms with Crippen LogP contribution in [0.1, 0.15) is 13.8 Å². The lowest BCUT2D eigenvalue weighted by Crippen LogP contribution is -2.40. The molecule has 1 heterocycles. The van der Waals surface area contributed by atoms with Crippen molar-refractivity contribution in [3.8, 4) is 12.3 Å². The van der Waals surface area contributed by atoms with E-state index in [2.05, 4.69) is 19.8 Å². The Bertz CT molecular complexity index is 161. The number of hydrogen-bond donors (Lipinski definition) is 0. The fraction of sp³-hybridized carbons (Fsp3) is 0.750. The zero-order chi connectivity index (χ0) is 8.32. The molecule has 1 aliphatic heterocycles. The van der Waals surface area contributed by atoms with E-state index < -0.39 is 0 Å². The van der Waals surface area contributed by atoms with E-state index in [9.17, 15) is 0 Å². The van der Waals surface area contributed by atoms with Crippen molar-refractivity contribution in [2.45, 2.75) is 20.2 Å². The average Bonchev–Trinajstić information content (AvgIpc) is 1.94. The van der Waals surface area contributed by atoms with Crippen LogP contribution in [0.2, 0.25) is 6.32 Å². The Morgan fingerprint density at radius 1 is 1.45 bits per heavy atom. The number of terminal acetylenes is 1. The van der Waals surface area contributed by atoms with Gasteiger partial charge in [0.1, 0.15) is 0 Å². The van der Waals surface area contributed by atoms with Crippen molar-refractivity contribution in [1.82, 2.24) is 0 Å². The van der Waals surface area contributed by atoms with Crippen LogP contribution in [0.3, 0.4) is 0 Å². The quantitative estimate of drug-likeness (QED) is 0.414. The molecule has 1 fully saturated rings. The lowest BCUT2D eigenvalue weighted by Gasteiger charge is -2.32. The molecule has 1 aliphatic rings. The van der Waals surface area contributed by atoms with Gasteiger partial charge >= 0.3 is 7.12 Å². The third-order valence-corrected chi connectivity index (χ3v) is 1.60. The second-order valence-electron chi connectivity index (χ2n) is 3.62. The maximum atomic E-state index is 5.37. The predicted molar refractivity (Wildman–Crippen MR) is 45.1 cm³/mol. The van der Waals surface area contributed by atoms with Crippen molar-refractivity contribution >= 4 is 7.12 Å².